The van der Waals surface area contributed by atoms with E-state index in [1.807, 2.05) is 0 Å². The van der Waals surface area contributed by atoms with Gasteiger partial charge in [0, 0.05) is 27.8 Å². The molecular formula is C13H27NOS. The predicted molar refractivity (Wildman–Crippen MR) is 72.2 cm³/mol. The summed E-state index contributed by atoms with van der Waals surface area (Å²) in [6, 6.07) is 0.491. The van der Waals surface area contributed by atoms with E-state index >= 15 is 0 Å². The van der Waals surface area contributed by atoms with Crippen molar-refractivity contribution in [1.29, 1.82) is 0 Å². The minimum Gasteiger partial charge on any atom is -0.313 e. The zero-order chi connectivity index (χ0) is 12.0. The van der Waals surface area contributed by atoms with Crippen LogP contribution in [-0.2, 0) is 10.8 Å². The molecule has 0 aromatic carbocycles. The van der Waals surface area contributed by atoms with Crippen molar-refractivity contribution in [2.75, 3.05) is 12.3 Å². The second-order valence-electron chi connectivity index (χ2n) is 5.20. The van der Waals surface area contributed by atoms with Crippen molar-refractivity contribution in [2.45, 2.75) is 64.2 Å². The molecule has 2 nitrogen and oxygen atoms in total. The Morgan fingerprint density at radius 1 is 1.31 bits per heavy atom. The first kappa shape index (κ1) is 14.2. The lowest BCUT2D eigenvalue weighted by molar-refractivity contribution is 0.385. The molecule has 1 aliphatic carbocycles. The highest BCUT2D eigenvalue weighted by Gasteiger charge is 2.26. The topological polar surface area (TPSA) is 29.1 Å². The minimum absolute atomic E-state index is 0.298. The molecule has 0 aromatic rings. The smallest absolute Gasteiger partial charge is 0.0394 e. The molecule has 16 heavy (non-hydrogen) atoms. The highest BCUT2D eigenvalue weighted by Crippen LogP contribution is 2.28. The fourth-order valence-electron chi connectivity index (χ4n) is 2.42. The van der Waals surface area contributed by atoms with Gasteiger partial charge in [0.05, 0.1) is 0 Å². The van der Waals surface area contributed by atoms with Crippen molar-refractivity contribution in [3.05, 3.63) is 0 Å². The third-order valence-corrected chi connectivity index (χ3v) is 5.23. The van der Waals surface area contributed by atoms with E-state index in [1.165, 1.54) is 25.7 Å². The number of rotatable bonds is 7. The van der Waals surface area contributed by atoms with E-state index in [4.69, 9.17) is 0 Å². The molecule has 0 aliphatic heterocycles. The average Bonchev–Trinajstić information content (AvgIpc) is 2.76. The quantitative estimate of drug-likeness (QED) is 0.747. The van der Waals surface area contributed by atoms with E-state index in [0.29, 0.717) is 11.3 Å². The van der Waals surface area contributed by atoms with Gasteiger partial charge in [-0.25, -0.2) is 0 Å². The van der Waals surface area contributed by atoms with Crippen LogP contribution in [0.1, 0.15) is 52.9 Å². The zero-order valence-corrected chi connectivity index (χ0v) is 11.8. The number of nitrogens with one attached hydrogen (secondary N) is 1. The van der Waals surface area contributed by atoms with Gasteiger partial charge in [-0.1, -0.05) is 33.6 Å². The van der Waals surface area contributed by atoms with Crippen molar-refractivity contribution < 1.29 is 4.21 Å². The maximum Gasteiger partial charge on any atom is 0.0394 e. The molecule has 0 saturated heterocycles. The summed E-state index contributed by atoms with van der Waals surface area (Å²) < 4.78 is 11.9. The fraction of sp³-hybridized carbons (Fsp3) is 1.00. The van der Waals surface area contributed by atoms with Crippen LogP contribution in [0.5, 0.6) is 0 Å². The van der Waals surface area contributed by atoms with Crippen molar-refractivity contribution in [3.8, 4) is 0 Å². The fourth-order valence-corrected chi connectivity index (χ4v) is 3.55. The summed E-state index contributed by atoms with van der Waals surface area (Å²) in [4.78, 5) is 0. The third kappa shape index (κ3) is 4.54. The Labute approximate surface area is 103 Å². The van der Waals surface area contributed by atoms with Gasteiger partial charge in [-0.3, -0.25) is 4.21 Å². The van der Waals surface area contributed by atoms with Crippen molar-refractivity contribution in [1.82, 2.24) is 5.32 Å². The summed E-state index contributed by atoms with van der Waals surface area (Å²) in [7, 11) is -0.664. The van der Waals surface area contributed by atoms with Crippen molar-refractivity contribution in [3.63, 3.8) is 0 Å². The average molecular weight is 245 g/mol. The van der Waals surface area contributed by atoms with E-state index in [9.17, 15) is 4.21 Å². The molecule has 0 heterocycles. The first-order valence-electron chi connectivity index (χ1n) is 6.75. The van der Waals surface area contributed by atoms with Gasteiger partial charge in [0.2, 0.25) is 0 Å². The molecule has 1 rings (SSSR count). The van der Waals surface area contributed by atoms with Gasteiger partial charge < -0.3 is 5.32 Å². The van der Waals surface area contributed by atoms with Crippen LogP contribution in [0.25, 0.3) is 0 Å². The summed E-state index contributed by atoms with van der Waals surface area (Å²) in [5.41, 5.74) is 0. The lowest BCUT2D eigenvalue weighted by Gasteiger charge is -2.25. The van der Waals surface area contributed by atoms with Crippen LogP contribution >= 0.6 is 0 Å². The Kier molecular flexibility index (Phi) is 6.59. The van der Waals surface area contributed by atoms with Gasteiger partial charge in [0.25, 0.3) is 0 Å². The molecule has 2 unspecified atom stereocenters. The largest absolute Gasteiger partial charge is 0.313 e. The third-order valence-electron chi connectivity index (χ3n) is 3.50. The SMILES string of the molecule is CCCNC(CS(=O)C(C)C)C1CCCC1. The molecule has 1 aliphatic rings. The van der Waals surface area contributed by atoms with Crippen LogP contribution in [0.4, 0.5) is 0 Å². The van der Waals surface area contributed by atoms with E-state index in [1.54, 1.807) is 0 Å². The van der Waals surface area contributed by atoms with Crippen molar-refractivity contribution >= 4 is 10.8 Å². The standard InChI is InChI=1S/C13H27NOS/c1-4-9-14-13(10-16(15)11(2)3)12-7-5-6-8-12/h11-14H,4-10H2,1-3H3. The van der Waals surface area contributed by atoms with Gasteiger partial charge in [-0.2, -0.15) is 0 Å². The first-order valence-corrected chi connectivity index (χ1v) is 8.14. The van der Waals surface area contributed by atoms with Crippen LogP contribution in [0.15, 0.2) is 0 Å². The van der Waals surface area contributed by atoms with Crippen LogP contribution in [-0.4, -0.2) is 27.8 Å². The van der Waals surface area contributed by atoms with E-state index in [2.05, 4.69) is 26.1 Å². The van der Waals surface area contributed by atoms with E-state index in [0.717, 1.165) is 24.6 Å². The van der Waals surface area contributed by atoms with Crippen molar-refractivity contribution in [2.24, 2.45) is 5.92 Å². The van der Waals surface area contributed by atoms with Crippen LogP contribution in [0.2, 0.25) is 0 Å². The van der Waals surface area contributed by atoms with Gasteiger partial charge in [0.15, 0.2) is 0 Å². The summed E-state index contributed by atoms with van der Waals surface area (Å²) in [5, 5.41) is 3.90. The van der Waals surface area contributed by atoms with Gasteiger partial charge >= 0.3 is 0 Å². The Morgan fingerprint density at radius 3 is 2.44 bits per heavy atom. The molecule has 1 saturated carbocycles. The summed E-state index contributed by atoms with van der Waals surface area (Å²) >= 11 is 0. The molecule has 1 fully saturated rings. The Bertz CT molecular complexity index is 212. The maximum absolute atomic E-state index is 11.9. The lowest BCUT2D eigenvalue weighted by atomic mass is 10.00. The molecule has 0 aromatic heterocycles. The summed E-state index contributed by atoms with van der Waals surface area (Å²) in [6.45, 7) is 7.37. The zero-order valence-electron chi connectivity index (χ0n) is 11.0. The van der Waals surface area contributed by atoms with Crippen LogP contribution < -0.4 is 5.32 Å². The molecule has 2 atom stereocenters. The molecule has 0 spiro atoms. The molecule has 0 radical (unpaired) electrons. The predicted octanol–water partition coefficient (Wildman–Crippen LogP) is 2.70. The molecule has 0 bridgehead atoms. The Balaban J connectivity index is 2.45. The summed E-state index contributed by atoms with van der Waals surface area (Å²) in [6.07, 6.45) is 6.55. The van der Waals surface area contributed by atoms with E-state index < -0.39 is 10.8 Å². The molecule has 0 amide bonds. The first-order chi connectivity index (χ1) is 7.65. The van der Waals surface area contributed by atoms with Gasteiger partial charge in [-0.05, 0) is 31.7 Å². The lowest BCUT2D eigenvalue weighted by Crippen LogP contribution is -2.41. The molecule has 3 heteroatoms. The second-order valence-corrected chi connectivity index (χ2v) is 7.24. The minimum atomic E-state index is -0.664. The summed E-state index contributed by atoms with van der Waals surface area (Å²) in [5.74, 6) is 1.62. The number of hydrogen-bond donors (Lipinski definition) is 1. The second kappa shape index (κ2) is 7.44. The normalized spacial score (nSPS) is 21.5. The number of hydrogen-bond acceptors (Lipinski definition) is 2. The Hall–Kier alpha value is 0.110. The molecule has 96 valence electrons. The van der Waals surface area contributed by atoms with Gasteiger partial charge in [0.1, 0.15) is 0 Å². The van der Waals surface area contributed by atoms with Crippen LogP contribution in [0, 0.1) is 5.92 Å². The Morgan fingerprint density at radius 2 is 1.94 bits per heavy atom. The highest BCUT2D eigenvalue weighted by atomic mass is 32.2. The van der Waals surface area contributed by atoms with Crippen LogP contribution in [0.3, 0.4) is 0 Å². The maximum atomic E-state index is 11.9. The van der Waals surface area contributed by atoms with E-state index in [-0.39, 0.29) is 0 Å². The molecular weight excluding hydrogens is 218 g/mol. The monoisotopic (exact) mass is 245 g/mol. The van der Waals surface area contributed by atoms with Gasteiger partial charge in [-0.15, -0.1) is 0 Å². The highest BCUT2D eigenvalue weighted by molar-refractivity contribution is 7.85. The molecule has 1 N–H and O–H groups in total.